The lowest BCUT2D eigenvalue weighted by molar-refractivity contribution is -0.132. The third kappa shape index (κ3) is 7.84. The largest absolute Gasteiger partial charge is 0.478 e. The zero-order chi connectivity index (χ0) is 14.1. The van der Waals surface area contributed by atoms with Gasteiger partial charge in [-0.3, -0.25) is 9.69 Å². The Morgan fingerprint density at radius 1 is 1.39 bits per heavy atom. The highest BCUT2D eigenvalue weighted by molar-refractivity contribution is 5.86. The minimum Gasteiger partial charge on any atom is -0.478 e. The minimum absolute atomic E-state index is 0.0343. The highest BCUT2D eigenvalue weighted by atomic mass is 16.4. The van der Waals surface area contributed by atoms with Crippen LogP contribution in [0.3, 0.4) is 0 Å². The Labute approximate surface area is 109 Å². The number of carboxylic acid groups (broad SMARTS) is 1. The van der Waals surface area contributed by atoms with Gasteiger partial charge in [0.05, 0.1) is 6.54 Å². The average molecular weight is 256 g/mol. The second-order valence-electron chi connectivity index (χ2n) is 4.78. The SMILES string of the molecule is CCC(=CCN(C)CC(=O)NCC(C)C)C(=O)O. The summed E-state index contributed by atoms with van der Waals surface area (Å²) in [6.45, 7) is 7.28. The second-order valence-corrected chi connectivity index (χ2v) is 4.78. The van der Waals surface area contributed by atoms with E-state index in [9.17, 15) is 9.59 Å². The van der Waals surface area contributed by atoms with Crippen molar-refractivity contribution >= 4 is 11.9 Å². The summed E-state index contributed by atoms with van der Waals surface area (Å²) in [5, 5.41) is 11.7. The lowest BCUT2D eigenvalue weighted by atomic mass is 10.2. The number of rotatable bonds is 8. The molecular weight excluding hydrogens is 232 g/mol. The van der Waals surface area contributed by atoms with Crippen LogP contribution < -0.4 is 5.32 Å². The number of carboxylic acids is 1. The number of carbonyl (C=O) groups excluding carboxylic acids is 1. The van der Waals surface area contributed by atoms with Crippen molar-refractivity contribution in [1.29, 1.82) is 0 Å². The van der Waals surface area contributed by atoms with Crippen LogP contribution in [0, 0.1) is 5.92 Å². The van der Waals surface area contributed by atoms with E-state index in [2.05, 4.69) is 5.32 Å². The van der Waals surface area contributed by atoms with Crippen LogP contribution in [-0.4, -0.2) is 48.6 Å². The molecule has 0 heterocycles. The van der Waals surface area contributed by atoms with Gasteiger partial charge in [-0.05, 0) is 19.4 Å². The molecule has 0 aromatic rings. The molecule has 0 rings (SSSR count). The molecule has 1 amide bonds. The first-order valence-electron chi connectivity index (χ1n) is 6.24. The quantitative estimate of drug-likeness (QED) is 0.638. The first-order chi connectivity index (χ1) is 8.36. The summed E-state index contributed by atoms with van der Waals surface area (Å²) in [5.41, 5.74) is 0.379. The summed E-state index contributed by atoms with van der Waals surface area (Å²) in [6, 6.07) is 0. The lowest BCUT2D eigenvalue weighted by Gasteiger charge is -2.15. The van der Waals surface area contributed by atoms with Gasteiger partial charge in [0.1, 0.15) is 0 Å². The molecule has 5 nitrogen and oxygen atoms in total. The smallest absolute Gasteiger partial charge is 0.331 e. The fraction of sp³-hybridized carbons (Fsp3) is 0.692. The molecule has 2 N–H and O–H groups in total. The van der Waals surface area contributed by atoms with E-state index in [1.807, 2.05) is 13.8 Å². The number of hydrogen-bond acceptors (Lipinski definition) is 3. The van der Waals surface area contributed by atoms with Gasteiger partial charge in [0, 0.05) is 18.7 Å². The van der Waals surface area contributed by atoms with E-state index in [1.165, 1.54) is 0 Å². The number of nitrogens with zero attached hydrogens (tertiary/aromatic N) is 1. The minimum atomic E-state index is -0.893. The van der Waals surface area contributed by atoms with Crippen molar-refractivity contribution < 1.29 is 14.7 Å². The van der Waals surface area contributed by atoms with Gasteiger partial charge >= 0.3 is 5.97 Å². The van der Waals surface area contributed by atoms with E-state index >= 15 is 0 Å². The Hall–Kier alpha value is -1.36. The predicted octanol–water partition coefficient (Wildman–Crippen LogP) is 1.11. The Morgan fingerprint density at radius 2 is 2.00 bits per heavy atom. The molecule has 0 radical (unpaired) electrons. The molecule has 0 saturated heterocycles. The van der Waals surface area contributed by atoms with Gasteiger partial charge in [0.15, 0.2) is 0 Å². The maximum Gasteiger partial charge on any atom is 0.331 e. The normalized spacial score (nSPS) is 12.0. The third-order valence-electron chi connectivity index (χ3n) is 2.43. The van der Waals surface area contributed by atoms with Crippen molar-refractivity contribution in [1.82, 2.24) is 10.2 Å². The number of amides is 1. The molecule has 0 fully saturated rings. The Morgan fingerprint density at radius 3 is 2.44 bits per heavy atom. The van der Waals surface area contributed by atoms with E-state index in [-0.39, 0.29) is 12.5 Å². The van der Waals surface area contributed by atoms with Crippen LogP contribution >= 0.6 is 0 Å². The molecule has 0 saturated carbocycles. The van der Waals surface area contributed by atoms with E-state index in [0.717, 1.165) is 0 Å². The van der Waals surface area contributed by atoms with Crippen molar-refractivity contribution in [2.75, 3.05) is 26.7 Å². The first-order valence-corrected chi connectivity index (χ1v) is 6.24. The van der Waals surface area contributed by atoms with Crippen molar-refractivity contribution in [2.45, 2.75) is 27.2 Å². The van der Waals surface area contributed by atoms with Crippen LogP contribution in [0.25, 0.3) is 0 Å². The van der Waals surface area contributed by atoms with Gasteiger partial charge in [-0.2, -0.15) is 0 Å². The van der Waals surface area contributed by atoms with Gasteiger partial charge < -0.3 is 10.4 Å². The van der Waals surface area contributed by atoms with Gasteiger partial charge in [0.2, 0.25) is 5.91 Å². The van der Waals surface area contributed by atoms with E-state index in [0.29, 0.717) is 31.0 Å². The van der Waals surface area contributed by atoms with Crippen LogP contribution in [-0.2, 0) is 9.59 Å². The molecule has 0 atom stereocenters. The standard InChI is InChI=1S/C13H24N2O3/c1-5-11(13(17)18)6-7-15(4)9-12(16)14-8-10(2)3/h6,10H,5,7-9H2,1-4H3,(H,14,16)(H,17,18). The number of likely N-dealkylation sites (N-methyl/N-ethyl adjacent to an activating group) is 1. The van der Waals surface area contributed by atoms with Gasteiger partial charge in [-0.15, -0.1) is 0 Å². The van der Waals surface area contributed by atoms with Crippen LogP contribution in [0.15, 0.2) is 11.6 Å². The van der Waals surface area contributed by atoms with Crippen LogP contribution in [0.5, 0.6) is 0 Å². The molecule has 0 aliphatic carbocycles. The number of carbonyl (C=O) groups is 2. The van der Waals surface area contributed by atoms with Gasteiger partial charge in [0.25, 0.3) is 0 Å². The molecule has 0 aromatic carbocycles. The molecule has 0 aliphatic rings. The Kier molecular flexibility index (Phi) is 8.03. The molecular formula is C13H24N2O3. The van der Waals surface area contributed by atoms with E-state index in [4.69, 9.17) is 5.11 Å². The van der Waals surface area contributed by atoms with E-state index < -0.39 is 5.97 Å². The summed E-state index contributed by atoms with van der Waals surface area (Å²) < 4.78 is 0. The first kappa shape index (κ1) is 16.6. The summed E-state index contributed by atoms with van der Waals surface area (Å²) >= 11 is 0. The van der Waals surface area contributed by atoms with Gasteiger partial charge in [-0.1, -0.05) is 26.8 Å². The van der Waals surface area contributed by atoms with Crippen molar-refractivity contribution in [3.8, 4) is 0 Å². The van der Waals surface area contributed by atoms with E-state index in [1.54, 1.807) is 24.9 Å². The average Bonchev–Trinajstić information content (AvgIpc) is 2.26. The predicted molar refractivity (Wildman–Crippen MR) is 71.4 cm³/mol. The molecule has 0 aliphatic heterocycles. The molecule has 0 aromatic heterocycles. The van der Waals surface area contributed by atoms with Crippen LogP contribution in [0.1, 0.15) is 27.2 Å². The Balaban J connectivity index is 4.07. The second kappa shape index (κ2) is 8.69. The van der Waals surface area contributed by atoms with Crippen LogP contribution in [0.2, 0.25) is 0 Å². The highest BCUT2D eigenvalue weighted by Gasteiger charge is 2.08. The number of aliphatic carboxylic acids is 1. The molecule has 0 unspecified atom stereocenters. The maximum absolute atomic E-state index is 11.5. The summed E-state index contributed by atoms with van der Waals surface area (Å²) in [7, 11) is 1.79. The summed E-state index contributed by atoms with van der Waals surface area (Å²) in [4.78, 5) is 24.1. The fourth-order valence-corrected chi connectivity index (χ4v) is 1.33. The van der Waals surface area contributed by atoms with Crippen LogP contribution in [0.4, 0.5) is 0 Å². The molecule has 5 heteroatoms. The summed E-state index contributed by atoms with van der Waals surface area (Å²) in [5.74, 6) is -0.499. The zero-order valence-corrected chi connectivity index (χ0v) is 11.7. The molecule has 0 spiro atoms. The molecule has 18 heavy (non-hydrogen) atoms. The van der Waals surface area contributed by atoms with Crippen molar-refractivity contribution in [2.24, 2.45) is 5.92 Å². The zero-order valence-electron chi connectivity index (χ0n) is 11.7. The molecule has 0 bridgehead atoms. The number of nitrogens with one attached hydrogen (secondary N) is 1. The van der Waals surface area contributed by atoms with Crippen molar-refractivity contribution in [3.05, 3.63) is 11.6 Å². The third-order valence-corrected chi connectivity index (χ3v) is 2.43. The number of hydrogen-bond donors (Lipinski definition) is 2. The van der Waals surface area contributed by atoms with Crippen molar-refractivity contribution in [3.63, 3.8) is 0 Å². The highest BCUT2D eigenvalue weighted by Crippen LogP contribution is 2.00. The topological polar surface area (TPSA) is 69.6 Å². The monoisotopic (exact) mass is 256 g/mol. The summed E-state index contributed by atoms with van der Waals surface area (Å²) in [6.07, 6.45) is 2.14. The fourth-order valence-electron chi connectivity index (χ4n) is 1.33. The lowest BCUT2D eigenvalue weighted by Crippen LogP contribution is -2.37. The van der Waals surface area contributed by atoms with Gasteiger partial charge in [-0.25, -0.2) is 4.79 Å². The molecule has 104 valence electrons. The maximum atomic E-state index is 11.5. The Bertz CT molecular complexity index is 311.